The van der Waals surface area contributed by atoms with Crippen molar-refractivity contribution in [2.24, 2.45) is 11.7 Å². The smallest absolute Gasteiger partial charge is 0.224 e. The summed E-state index contributed by atoms with van der Waals surface area (Å²) in [5.74, 6) is 0.854. The average Bonchev–Trinajstić information content (AvgIpc) is 2.55. The van der Waals surface area contributed by atoms with Crippen molar-refractivity contribution in [3.63, 3.8) is 0 Å². The second-order valence-electron chi connectivity index (χ2n) is 6.80. The molecule has 23 heavy (non-hydrogen) atoms. The maximum atomic E-state index is 12.6. The van der Waals surface area contributed by atoms with Gasteiger partial charge in [-0.1, -0.05) is 30.3 Å². The summed E-state index contributed by atoms with van der Waals surface area (Å²) < 4.78 is 0. The number of benzene rings is 1. The Labute approximate surface area is 145 Å². The number of halogens is 1. The van der Waals surface area contributed by atoms with Gasteiger partial charge in [0.15, 0.2) is 0 Å². The number of hydrogen-bond donors (Lipinski definition) is 1. The van der Waals surface area contributed by atoms with Gasteiger partial charge < -0.3 is 15.5 Å². The van der Waals surface area contributed by atoms with Gasteiger partial charge in [0.1, 0.15) is 0 Å². The van der Waals surface area contributed by atoms with E-state index in [0.717, 1.165) is 25.1 Å². The SMILES string of the molecule is CN1CCCC2CN(C(=O)CC(N)c3ccccc3)CCC21.Cl. The van der Waals surface area contributed by atoms with E-state index in [-0.39, 0.29) is 24.4 Å². The zero-order valence-corrected chi connectivity index (χ0v) is 14.7. The highest BCUT2D eigenvalue weighted by Crippen LogP contribution is 2.30. The molecule has 4 nitrogen and oxygen atoms in total. The van der Waals surface area contributed by atoms with Crippen LogP contribution < -0.4 is 5.73 Å². The van der Waals surface area contributed by atoms with Crippen LogP contribution in [-0.2, 0) is 4.79 Å². The third kappa shape index (κ3) is 4.25. The van der Waals surface area contributed by atoms with Crippen LogP contribution in [0.2, 0.25) is 0 Å². The predicted molar refractivity (Wildman–Crippen MR) is 95.6 cm³/mol. The van der Waals surface area contributed by atoms with Crippen molar-refractivity contribution in [1.82, 2.24) is 9.80 Å². The predicted octanol–water partition coefficient (Wildman–Crippen LogP) is 2.44. The van der Waals surface area contributed by atoms with Gasteiger partial charge in [-0.2, -0.15) is 0 Å². The molecule has 2 fully saturated rings. The molecule has 0 spiro atoms. The zero-order valence-electron chi connectivity index (χ0n) is 13.9. The van der Waals surface area contributed by atoms with E-state index in [1.165, 1.54) is 19.4 Å². The molecule has 5 heteroatoms. The summed E-state index contributed by atoms with van der Waals surface area (Å²) in [5, 5.41) is 0. The minimum Gasteiger partial charge on any atom is -0.342 e. The molecule has 128 valence electrons. The Kier molecular flexibility index (Phi) is 6.45. The lowest BCUT2D eigenvalue weighted by Crippen LogP contribution is -2.54. The lowest BCUT2D eigenvalue weighted by molar-refractivity contribution is -0.135. The number of hydrogen-bond acceptors (Lipinski definition) is 3. The molecule has 0 saturated carbocycles. The van der Waals surface area contributed by atoms with Crippen LogP contribution >= 0.6 is 12.4 Å². The highest BCUT2D eigenvalue weighted by atomic mass is 35.5. The van der Waals surface area contributed by atoms with Crippen molar-refractivity contribution >= 4 is 18.3 Å². The molecule has 3 rings (SSSR count). The first-order chi connectivity index (χ1) is 10.6. The summed E-state index contributed by atoms with van der Waals surface area (Å²) in [7, 11) is 2.22. The first-order valence-electron chi connectivity index (χ1n) is 8.43. The van der Waals surface area contributed by atoms with E-state index in [1.807, 2.05) is 35.2 Å². The van der Waals surface area contributed by atoms with E-state index in [0.29, 0.717) is 18.4 Å². The Morgan fingerprint density at radius 1 is 1.26 bits per heavy atom. The van der Waals surface area contributed by atoms with Crippen LogP contribution in [0.5, 0.6) is 0 Å². The third-order valence-electron chi connectivity index (χ3n) is 5.32. The average molecular weight is 338 g/mol. The van der Waals surface area contributed by atoms with Gasteiger partial charge in [-0.05, 0) is 44.3 Å². The lowest BCUT2D eigenvalue weighted by Gasteiger charge is -2.46. The number of fused-ring (bicyclic) bond motifs is 1. The summed E-state index contributed by atoms with van der Waals surface area (Å²) in [5.41, 5.74) is 7.25. The van der Waals surface area contributed by atoms with Crippen LogP contribution in [0, 0.1) is 5.92 Å². The summed E-state index contributed by atoms with van der Waals surface area (Å²) in [4.78, 5) is 17.1. The molecule has 1 aromatic carbocycles. The van der Waals surface area contributed by atoms with Crippen LogP contribution in [0.15, 0.2) is 30.3 Å². The fourth-order valence-electron chi connectivity index (χ4n) is 4.01. The molecule has 2 heterocycles. The molecule has 2 aliphatic rings. The lowest BCUT2D eigenvalue weighted by atomic mass is 9.84. The molecule has 0 aliphatic carbocycles. The topological polar surface area (TPSA) is 49.6 Å². The van der Waals surface area contributed by atoms with Crippen molar-refractivity contribution in [2.45, 2.75) is 37.8 Å². The Bertz CT molecular complexity index is 510. The minimum atomic E-state index is -0.194. The molecule has 3 atom stereocenters. The summed E-state index contributed by atoms with van der Waals surface area (Å²) in [6, 6.07) is 10.4. The van der Waals surface area contributed by atoms with Crippen molar-refractivity contribution in [1.29, 1.82) is 0 Å². The first kappa shape index (κ1) is 18.2. The number of nitrogens with two attached hydrogens (primary N) is 1. The van der Waals surface area contributed by atoms with Gasteiger partial charge >= 0.3 is 0 Å². The van der Waals surface area contributed by atoms with Crippen LogP contribution in [0.4, 0.5) is 0 Å². The number of rotatable bonds is 3. The maximum absolute atomic E-state index is 12.6. The normalized spacial score (nSPS) is 26.1. The second-order valence-corrected chi connectivity index (χ2v) is 6.80. The number of amides is 1. The summed E-state index contributed by atoms with van der Waals surface area (Å²) in [6.45, 7) is 3.00. The van der Waals surface area contributed by atoms with Gasteiger partial charge in [0.05, 0.1) is 0 Å². The number of carbonyl (C=O) groups is 1. The van der Waals surface area contributed by atoms with Crippen LogP contribution in [0.3, 0.4) is 0 Å². The number of piperidine rings is 2. The summed E-state index contributed by atoms with van der Waals surface area (Å²) in [6.07, 6.45) is 4.03. The number of likely N-dealkylation sites (tertiary alicyclic amines) is 2. The minimum absolute atomic E-state index is 0. The van der Waals surface area contributed by atoms with Gasteiger partial charge in [-0.25, -0.2) is 0 Å². The van der Waals surface area contributed by atoms with Crippen LogP contribution in [-0.4, -0.2) is 48.4 Å². The van der Waals surface area contributed by atoms with E-state index >= 15 is 0 Å². The van der Waals surface area contributed by atoms with E-state index in [1.54, 1.807) is 0 Å². The van der Waals surface area contributed by atoms with Gasteiger partial charge in [0.2, 0.25) is 5.91 Å². The molecule has 0 aromatic heterocycles. The van der Waals surface area contributed by atoms with Gasteiger partial charge in [-0.15, -0.1) is 12.4 Å². The first-order valence-corrected chi connectivity index (χ1v) is 8.43. The van der Waals surface area contributed by atoms with Crippen molar-refractivity contribution in [2.75, 3.05) is 26.7 Å². The quantitative estimate of drug-likeness (QED) is 0.921. The molecular formula is C18H28ClN3O. The van der Waals surface area contributed by atoms with Gasteiger partial charge in [-0.3, -0.25) is 4.79 Å². The fourth-order valence-corrected chi connectivity index (χ4v) is 4.01. The monoisotopic (exact) mass is 337 g/mol. The molecular weight excluding hydrogens is 310 g/mol. The largest absolute Gasteiger partial charge is 0.342 e. The standard InChI is InChI=1S/C18H27N3O.ClH/c1-20-10-5-8-15-13-21(11-9-17(15)20)18(22)12-16(19)14-6-3-2-4-7-14;/h2-4,6-7,15-17H,5,8-13,19H2,1H3;1H. The zero-order chi connectivity index (χ0) is 15.5. The Morgan fingerprint density at radius 3 is 2.74 bits per heavy atom. The van der Waals surface area contributed by atoms with Gasteiger partial charge in [0.25, 0.3) is 0 Å². The third-order valence-corrected chi connectivity index (χ3v) is 5.32. The fraction of sp³-hybridized carbons (Fsp3) is 0.611. The van der Waals surface area contributed by atoms with Crippen LogP contribution in [0.1, 0.15) is 37.3 Å². The highest BCUT2D eigenvalue weighted by Gasteiger charge is 2.35. The van der Waals surface area contributed by atoms with E-state index < -0.39 is 0 Å². The number of carbonyl (C=O) groups excluding carboxylic acids is 1. The van der Waals surface area contributed by atoms with E-state index in [9.17, 15) is 4.79 Å². The van der Waals surface area contributed by atoms with Crippen molar-refractivity contribution < 1.29 is 4.79 Å². The molecule has 0 bridgehead atoms. The van der Waals surface area contributed by atoms with Crippen molar-refractivity contribution in [3.05, 3.63) is 35.9 Å². The molecule has 2 N–H and O–H groups in total. The van der Waals surface area contributed by atoms with E-state index in [4.69, 9.17) is 5.73 Å². The maximum Gasteiger partial charge on any atom is 0.224 e. The molecule has 2 saturated heterocycles. The molecule has 0 radical (unpaired) electrons. The van der Waals surface area contributed by atoms with E-state index in [2.05, 4.69) is 11.9 Å². The van der Waals surface area contributed by atoms with Crippen LogP contribution in [0.25, 0.3) is 0 Å². The molecule has 1 aromatic rings. The summed E-state index contributed by atoms with van der Waals surface area (Å²) >= 11 is 0. The van der Waals surface area contributed by atoms with Gasteiger partial charge in [0, 0.05) is 31.6 Å². The second kappa shape index (κ2) is 8.13. The molecule has 2 aliphatic heterocycles. The Hall–Kier alpha value is -1.10. The number of nitrogens with zero attached hydrogens (tertiary/aromatic N) is 2. The molecule has 1 amide bonds. The molecule has 3 unspecified atom stereocenters. The Balaban J connectivity index is 0.00000192. The van der Waals surface area contributed by atoms with Crippen molar-refractivity contribution in [3.8, 4) is 0 Å². The highest BCUT2D eigenvalue weighted by molar-refractivity contribution is 5.85. The Morgan fingerprint density at radius 2 is 2.00 bits per heavy atom.